The highest BCUT2D eigenvalue weighted by atomic mass is 16.6. The van der Waals surface area contributed by atoms with Crippen LogP contribution in [0.25, 0.3) is 0 Å². The van der Waals surface area contributed by atoms with Crippen molar-refractivity contribution in [3.05, 3.63) is 18.0 Å². The molecule has 0 unspecified atom stereocenters. The fourth-order valence-electron chi connectivity index (χ4n) is 2.84. The molecule has 124 valence electrons. The van der Waals surface area contributed by atoms with Gasteiger partial charge >= 0.3 is 6.09 Å². The van der Waals surface area contributed by atoms with Crippen LogP contribution >= 0.6 is 0 Å². The summed E-state index contributed by atoms with van der Waals surface area (Å²) in [6.45, 7) is 9.36. The molecule has 1 aliphatic heterocycles. The molecule has 2 heterocycles. The molecule has 0 spiro atoms. The Bertz CT molecular complexity index is 506. The van der Waals surface area contributed by atoms with E-state index in [0.717, 1.165) is 31.6 Å². The third kappa shape index (κ3) is 4.22. The minimum atomic E-state index is -0.449. The van der Waals surface area contributed by atoms with E-state index in [2.05, 4.69) is 17.3 Å². The van der Waals surface area contributed by atoms with E-state index in [-0.39, 0.29) is 18.2 Å². The smallest absolute Gasteiger partial charge is 0.410 e. The van der Waals surface area contributed by atoms with E-state index in [4.69, 9.17) is 4.74 Å². The summed E-state index contributed by atoms with van der Waals surface area (Å²) in [5, 5.41) is 7.67. The number of carbonyl (C=O) groups excluding carboxylic acids is 1. The molecular formula is C16H28N4O2. The molecular weight excluding hydrogens is 280 g/mol. The quantitative estimate of drug-likeness (QED) is 0.927. The van der Waals surface area contributed by atoms with Crippen LogP contribution in [0.1, 0.15) is 46.2 Å². The zero-order chi connectivity index (χ0) is 16.3. The van der Waals surface area contributed by atoms with E-state index in [1.54, 1.807) is 6.20 Å². The van der Waals surface area contributed by atoms with Gasteiger partial charge in [-0.2, -0.15) is 5.10 Å². The van der Waals surface area contributed by atoms with Crippen molar-refractivity contribution < 1.29 is 9.53 Å². The number of ether oxygens (including phenoxy) is 1. The lowest BCUT2D eigenvalue weighted by Crippen LogP contribution is -2.48. The van der Waals surface area contributed by atoms with Crippen molar-refractivity contribution in [2.75, 3.05) is 6.54 Å². The molecule has 0 aliphatic carbocycles. The summed E-state index contributed by atoms with van der Waals surface area (Å²) < 4.78 is 7.38. The Morgan fingerprint density at radius 2 is 2.27 bits per heavy atom. The lowest BCUT2D eigenvalue weighted by molar-refractivity contribution is 0.0200. The monoisotopic (exact) mass is 308 g/mol. The minimum absolute atomic E-state index is 0.183. The number of carbonyl (C=O) groups is 1. The average Bonchev–Trinajstić information content (AvgIpc) is 3.02. The van der Waals surface area contributed by atoms with Crippen molar-refractivity contribution in [1.29, 1.82) is 0 Å². The molecule has 1 N–H and O–H groups in total. The van der Waals surface area contributed by atoms with Crippen molar-refractivity contribution in [2.24, 2.45) is 7.05 Å². The molecule has 1 fully saturated rings. The van der Waals surface area contributed by atoms with Gasteiger partial charge in [-0.3, -0.25) is 4.68 Å². The molecule has 0 radical (unpaired) electrons. The van der Waals surface area contributed by atoms with Crippen molar-refractivity contribution in [1.82, 2.24) is 20.0 Å². The largest absolute Gasteiger partial charge is 0.444 e. The van der Waals surface area contributed by atoms with Crippen molar-refractivity contribution >= 4 is 6.09 Å². The molecule has 1 amide bonds. The third-order valence-corrected chi connectivity index (χ3v) is 4.03. The van der Waals surface area contributed by atoms with E-state index in [1.165, 1.54) is 0 Å². The summed E-state index contributed by atoms with van der Waals surface area (Å²) in [6.07, 6.45) is 3.63. The number of hydrogen-bond acceptors (Lipinski definition) is 4. The highest BCUT2D eigenvalue weighted by Gasteiger charge is 2.35. The van der Waals surface area contributed by atoms with Crippen LogP contribution in [0, 0.1) is 0 Å². The number of hydrogen-bond donors (Lipinski definition) is 1. The van der Waals surface area contributed by atoms with Crippen LogP contribution in [0.5, 0.6) is 0 Å². The summed E-state index contributed by atoms with van der Waals surface area (Å²) in [4.78, 5) is 14.2. The normalized spacial score (nSPS) is 20.2. The topological polar surface area (TPSA) is 59.4 Å². The van der Waals surface area contributed by atoms with E-state index in [0.29, 0.717) is 0 Å². The standard InChI is InChI=1S/C16H28N4O2/c1-12(17-11-13-8-9-18-19(13)5)14-7-6-10-20(14)15(21)22-16(2,3)4/h8-9,12,14,17H,6-7,10-11H2,1-5H3/t12-,14+/m1/s1. The minimum Gasteiger partial charge on any atom is -0.444 e. The number of likely N-dealkylation sites (tertiary alicyclic amines) is 1. The summed E-state index contributed by atoms with van der Waals surface area (Å²) in [5.41, 5.74) is 0.684. The van der Waals surface area contributed by atoms with Gasteiger partial charge in [0.05, 0.1) is 11.7 Å². The first-order chi connectivity index (χ1) is 10.3. The fourth-order valence-corrected chi connectivity index (χ4v) is 2.84. The predicted octanol–water partition coefficient (Wildman–Crippen LogP) is 2.30. The van der Waals surface area contributed by atoms with Crippen LogP contribution in [0.2, 0.25) is 0 Å². The van der Waals surface area contributed by atoms with Gasteiger partial charge in [0.25, 0.3) is 0 Å². The molecule has 1 aromatic heterocycles. The Labute approximate surface area is 132 Å². The Morgan fingerprint density at radius 1 is 1.55 bits per heavy atom. The maximum atomic E-state index is 12.3. The molecule has 1 saturated heterocycles. The van der Waals surface area contributed by atoms with Gasteiger partial charge in [0.1, 0.15) is 5.60 Å². The maximum absolute atomic E-state index is 12.3. The van der Waals surface area contributed by atoms with Crippen LogP contribution in [0.3, 0.4) is 0 Å². The highest BCUT2D eigenvalue weighted by Crippen LogP contribution is 2.23. The second-order valence-corrected chi connectivity index (χ2v) is 7.00. The lowest BCUT2D eigenvalue weighted by Gasteiger charge is -2.32. The van der Waals surface area contributed by atoms with E-state index >= 15 is 0 Å². The molecule has 2 atom stereocenters. The Morgan fingerprint density at radius 3 is 2.86 bits per heavy atom. The summed E-state index contributed by atoms with van der Waals surface area (Å²) >= 11 is 0. The van der Waals surface area contributed by atoms with Crippen LogP contribution in [-0.2, 0) is 18.3 Å². The highest BCUT2D eigenvalue weighted by molar-refractivity contribution is 5.69. The zero-order valence-electron chi connectivity index (χ0n) is 14.3. The van der Waals surface area contributed by atoms with Crippen LogP contribution < -0.4 is 5.32 Å². The Balaban J connectivity index is 1.92. The number of rotatable bonds is 4. The zero-order valence-corrected chi connectivity index (χ0v) is 14.3. The molecule has 0 bridgehead atoms. The van der Waals surface area contributed by atoms with Crippen molar-refractivity contribution in [2.45, 2.75) is 64.8 Å². The van der Waals surface area contributed by atoms with E-state index < -0.39 is 5.60 Å². The fraction of sp³-hybridized carbons (Fsp3) is 0.750. The van der Waals surface area contributed by atoms with Gasteiger partial charge in [0, 0.05) is 32.4 Å². The maximum Gasteiger partial charge on any atom is 0.410 e. The van der Waals surface area contributed by atoms with Gasteiger partial charge in [0.15, 0.2) is 0 Å². The number of aryl methyl sites for hydroxylation is 1. The number of amides is 1. The molecule has 22 heavy (non-hydrogen) atoms. The molecule has 0 saturated carbocycles. The first-order valence-electron chi connectivity index (χ1n) is 7.98. The van der Waals surface area contributed by atoms with Crippen LogP contribution in [-0.4, -0.2) is 45.0 Å². The second-order valence-electron chi connectivity index (χ2n) is 7.00. The second kappa shape index (κ2) is 6.69. The average molecular weight is 308 g/mol. The molecule has 6 heteroatoms. The van der Waals surface area contributed by atoms with Gasteiger partial charge in [-0.25, -0.2) is 4.79 Å². The third-order valence-electron chi connectivity index (χ3n) is 4.03. The van der Waals surface area contributed by atoms with Gasteiger partial charge in [-0.15, -0.1) is 0 Å². The van der Waals surface area contributed by atoms with E-state index in [1.807, 2.05) is 43.5 Å². The molecule has 0 aromatic carbocycles. The lowest BCUT2D eigenvalue weighted by atomic mass is 10.1. The Kier molecular flexibility index (Phi) is 5.11. The van der Waals surface area contributed by atoms with Crippen molar-refractivity contribution in [3.8, 4) is 0 Å². The predicted molar refractivity (Wildman–Crippen MR) is 85.5 cm³/mol. The summed E-state index contributed by atoms with van der Waals surface area (Å²) in [7, 11) is 1.93. The van der Waals surface area contributed by atoms with Gasteiger partial charge in [0.2, 0.25) is 0 Å². The molecule has 2 rings (SSSR count). The first kappa shape index (κ1) is 16.8. The van der Waals surface area contributed by atoms with Gasteiger partial charge in [-0.05, 0) is 46.6 Å². The van der Waals surface area contributed by atoms with Crippen LogP contribution in [0.4, 0.5) is 4.79 Å². The summed E-state index contributed by atoms with van der Waals surface area (Å²) in [5.74, 6) is 0. The Hall–Kier alpha value is -1.56. The van der Waals surface area contributed by atoms with E-state index in [9.17, 15) is 4.79 Å². The van der Waals surface area contributed by atoms with Crippen molar-refractivity contribution in [3.63, 3.8) is 0 Å². The molecule has 1 aromatic rings. The number of aromatic nitrogens is 2. The number of nitrogens with zero attached hydrogens (tertiary/aromatic N) is 3. The summed E-state index contributed by atoms with van der Waals surface area (Å²) in [6, 6.07) is 2.40. The number of nitrogens with one attached hydrogen (secondary N) is 1. The first-order valence-corrected chi connectivity index (χ1v) is 7.98. The molecule has 1 aliphatic rings. The van der Waals surface area contributed by atoms with Gasteiger partial charge in [-0.1, -0.05) is 0 Å². The SMILES string of the molecule is C[C@@H](NCc1ccnn1C)[C@@H]1CCCN1C(=O)OC(C)(C)C. The van der Waals surface area contributed by atoms with Gasteiger partial charge < -0.3 is 15.0 Å². The van der Waals surface area contributed by atoms with Crippen LogP contribution in [0.15, 0.2) is 12.3 Å². The molecule has 6 nitrogen and oxygen atoms in total.